The molecule has 0 bridgehead atoms. The predicted octanol–water partition coefficient (Wildman–Crippen LogP) is 1.59. The maximum Gasteiger partial charge on any atom is 0.333 e. The molecular weight excluding hydrogens is 178 g/mol. The van der Waals surface area contributed by atoms with Gasteiger partial charge in [-0.1, -0.05) is 6.58 Å². The van der Waals surface area contributed by atoms with Gasteiger partial charge in [-0.15, -0.1) is 0 Å². The number of carbonyl (C=O) groups excluding carboxylic acids is 1. The quantitative estimate of drug-likeness (QED) is 0.282. The number of carbonyl (C=O) groups is 1. The van der Waals surface area contributed by atoms with E-state index in [-0.39, 0.29) is 5.97 Å². The second-order valence-corrected chi connectivity index (χ2v) is 4.25. The van der Waals surface area contributed by atoms with Crippen molar-refractivity contribution in [2.45, 2.75) is 20.3 Å². The minimum atomic E-state index is -0.285. The molecule has 0 aliphatic rings. The SMILES string of the molecule is C=C(C)C(=O)OCCC[N+](C)(C)CC. The normalized spacial score (nSPS) is 11.1. The van der Waals surface area contributed by atoms with Gasteiger partial charge >= 0.3 is 5.97 Å². The Morgan fingerprint density at radius 2 is 2.00 bits per heavy atom. The summed E-state index contributed by atoms with van der Waals surface area (Å²) in [5.74, 6) is -0.285. The summed E-state index contributed by atoms with van der Waals surface area (Å²) < 4.78 is 5.96. The lowest BCUT2D eigenvalue weighted by atomic mass is 10.3. The lowest BCUT2D eigenvalue weighted by Gasteiger charge is -2.27. The zero-order valence-corrected chi connectivity index (χ0v) is 9.80. The van der Waals surface area contributed by atoms with E-state index in [1.165, 1.54) is 0 Å². The second kappa shape index (κ2) is 5.81. The van der Waals surface area contributed by atoms with E-state index in [2.05, 4.69) is 27.6 Å². The van der Waals surface area contributed by atoms with Crippen LogP contribution >= 0.6 is 0 Å². The minimum absolute atomic E-state index is 0.285. The van der Waals surface area contributed by atoms with E-state index in [1.54, 1.807) is 6.92 Å². The molecule has 0 amide bonds. The fourth-order valence-electron chi connectivity index (χ4n) is 0.939. The summed E-state index contributed by atoms with van der Waals surface area (Å²) in [6.45, 7) is 9.95. The highest BCUT2D eigenvalue weighted by Crippen LogP contribution is 1.99. The molecular formula is C11H22NO2+. The summed E-state index contributed by atoms with van der Waals surface area (Å²) in [5, 5.41) is 0. The number of quaternary nitrogens is 1. The van der Waals surface area contributed by atoms with E-state index in [9.17, 15) is 4.79 Å². The van der Waals surface area contributed by atoms with E-state index in [1.807, 2.05) is 0 Å². The molecule has 0 heterocycles. The molecule has 0 fully saturated rings. The Morgan fingerprint density at radius 1 is 1.43 bits per heavy atom. The van der Waals surface area contributed by atoms with Crippen LogP contribution in [0.5, 0.6) is 0 Å². The summed E-state index contributed by atoms with van der Waals surface area (Å²) in [7, 11) is 4.33. The molecule has 0 saturated carbocycles. The van der Waals surface area contributed by atoms with Gasteiger partial charge in [0.25, 0.3) is 0 Å². The minimum Gasteiger partial charge on any atom is -0.462 e. The first-order chi connectivity index (χ1) is 6.39. The molecule has 0 saturated heterocycles. The third-order valence-electron chi connectivity index (χ3n) is 2.35. The van der Waals surface area contributed by atoms with Crippen LogP contribution in [0.3, 0.4) is 0 Å². The summed E-state index contributed by atoms with van der Waals surface area (Å²) in [6.07, 6.45) is 0.903. The molecule has 14 heavy (non-hydrogen) atoms. The van der Waals surface area contributed by atoms with Gasteiger partial charge in [0.15, 0.2) is 0 Å². The highest BCUT2D eigenvalue weighted by atomic mass is 16.5. The van der Waals surface area contributed by atoms with Crippen molar-refractivity contribution in [2.24, 2.45) is 0 Å². The topological polar surface area (TPSA) is 26.3 Å². The van der Waals surface area contributed by atoms with Crippen LogP contribution in [0.4, 0.5) is 0 Å². The molecule has 0 spiro atoms. The van der Waals surface area contributed by atoms with Crippen molar-refractivity contribution in [3.63, 3.8) is 0 Å². The van der Waals surface area contributed by atoms with Crippen molar-refractivity contribution in [2.75, 3.05) is 33.8 Å². The standard InChI is InChI=1S/C11H22NO2/c1-6-12(4,5)8-7-9-14-11(13)10(2)3/h2,6-9H2,1,3-5H3/q+1. The lowest BCUT2D eigenvalue weighted by Crippen LogP contribution is -2.40. The van der Waals surface area contributed by atoms with Crippen molar-refractivity contribution in [3.05, 3.63) is 12.2 Å². The summed E-state index contributed by atoms with van der Waals surface area (Å²) in [6, 6.07) is 0. The molecule has 0 radical (unpaired) electrons. The number of esters is 1. The summed E-state index contributed by atoms with van der Waals surface area (Å²) >= 11 is 0. The molecule has 3 heteroatoms. The first-order valence-electron chi connectivity index (χ1n) is 5.03. The summed E-state index contributed by atoms with van der Waals surface area (Å²) in [5.41, 5.74) is 0.467. The maximum atomic E-state index is 11.0. The monoisotopic (exact) mass is 200 g/mol. The van der Waals surface area contributed by atoms with E-state index in [4.69, 9.17) is 4.74 Å². The lowest BCUT2D eigenvalue weighted by molar-refractivity contribution is -0.888. The highest BCUT2D eigenvalue weighted by molar-refractivity contribution is 5.86. The number of hydrogen-bond acceptors (Lipinski definition) is 2. The van der Waals surface area contributed by atoms with Crippen molar-refractivity contribution in [3.8, 4) is 0 Å². The molecule has 0 aliphatic carbocycles. The smallest absolute Gasteiger partial charge is 0.333 e. The fraction of sp³-hybridized carbons (Fsp3) is 0.727. The average molecular weight is 200 g/mol. The van der Waals surface area contributed by atoms with Crippen molar-refractivity contribution >= 4 is 5.97 Å². The van der Waals surface area contributed by atoms with Crippen LogP contribution in [0, 0.1) is 0 Å². The Hall–Kier alpha value is -0.830. The van der Waals surface area contributed by atoms with Crippen molar-refractivity contribution < 1.29 is 14.0 Å². The molecule has 0 aromatic heterocycles. The van der Waals surface area contributed by atoms with Gasteiger partial charge in [0.2, 0.25) is 0 Å². The second-order valence-electron chi connectivity index (χ2n) is 4.25. The molecule has 0 unspecified atom stereocenters. The van der Waals surface area contributed by atoms with Gasteiger partial charge in [-0.3, -0.25) is 0 Å². The van der Waals surface area contributed by atoms with Crippen LogP contribution in [-0.2, 0) is 9.53 Å². The third kappa shape index (κ3) is 5.75. The molecule has 0 aromatic carbocycles. The average Bonchev–Trinajstić information content (AvgIpc) is 2.12. The largest absolute Gasteiger partial charge is 0.462 e. The van der Waals surface area contributed by atoms with E-state index < -0.39 is 0 Å². The van der Waals surface area contributed by atoms with Crippen molar-refractivity contribution in [1.82, 2.24) is 0 Å². The van der Waals surface area contributed by atoms with Gasteiger partial charge in [-0.25, -0.2) is 4.79 Å². The molecule has 3 nitrogen and oxygen atoms in total. The molecule has 0 rings (SSSR count). The van der Waals surface area contributed by atoms with Gasteiger partial charge in [-0.05, 0) is 13.8 Å². The van der Waals surface area contributed by atoms with E-state index >= 15 is 0 Å². The van der Waals surface area contributed by atoms with Gasteiger partial charge in [0.05, 0.1) is 33.8 Å². The number of hydrogen-bond donors (Lipinski definition) is 0. The van der Waals surface area contributed by atoms with Crippen LogP contribution in [-0.4, -0.2) is 44.2 Å². The molecule has 0 aliphatic heterocycles. The van der Waals surface area contributed by atoms with Crippen LogP contribution in [0.2, 0.25) is 0 Å². The zero-order chi connectivity index (χ0) is 11.2. The van der Waals surface area contributed by atoms with Gasteiger partial charge in [0, 0.05) is 12.0 Å². The molecule has 82 valence electrons. The molecule has 0 aromatic rings. The maximum absolute atomic E-state index is 11.0. The first-order valence-corrected chi connectivity index (χ1v) is 5.03. The first kappa shape index (κ1) is 13.2. The number of nitrogens with zero attached hydrogens (tertiary/aromatic N) is 1. The van der Waals surface area contributed by atoms with Crippen molar-refractivity contribution in [1.29, 1.82) is 0 Å². The van der Waals surface area contributed by atoms with Gasteiger partial charge < -0.3 is 9.22 Å². The third-order valence-corrected chi connectivity index (χ3v) is 2.35. The van der Waals surface area contributed by atoms with Crippen LogP contribution in [0.15, 0.2) is 12.2 Å². The van der Waals surface area contributed by atoms with Crippen LogP contribution < -0.4 is 0 Å². The van der Waals surface area contributed by atoms with E-state index in [0.29, 0.717) is 12.2 Å². The Balaban J connectivity index is 3.57. The van der Waals surface area contributed by atoms with E-state index in [0.717, 1.165) is 24.0 Å². The summed E-state index contributed by atoms with van der Waals surface area (Å²) in [4.78, 5) is 11.0. The Bertz CT molecular complexity index is 209. The fourth-order valence-corrected chi connectivity index (χ4v) is 0.939. The Kier molecular flexibility index (Phi) is 5.46. The van der Waals surface area contributed by atoms with Crippen LogP contribution in [0.25, 0.3) is 0 Å². The highest BCUT2D eigenvalue weighted by Gasteiger charge is 2.11. The number of ether oxygens (including phenoxy) is 1. The Morgan fingerprint density at radius 3 is 2.43 bits per heavy atom. The van der Waals surface area contributed by atoms with Crippen LogP contribution in [0.1, 0.15) is 20.3 Å². The zero-order valence-electron chi connectivity index (χ0n) is 9.80. The number of rotatable bonds is 6. The Labute approximate surface area is 86.9 Å². The predicted molar refractivity (Wildman–Crippen MR) is 57.9 cm³/mol. The molecule has 0 N–H and O–H groups in total. The van der Waals surface area contributed by atoms with Gasteiger partial charge in [-0.2, -0.15) is 0 Å². The molecule has 0 atom stereocenters. The van der Waals surface area contributed by atoms with Gasteiger partial charge in [0.1, 0.15) is 0 Å².